The summed E-state index contributed by atoms with van der Waals surface area (Å²) < 4.78 is 8.85. The van der Waals surface area contributed by atoms with Crippen LogP contribution in [0.1, 0.15) is 31.4 Å². The number of nitrogens with zero attached hydrogens (tertiary/aromatic N) is 2. The predicted molar refractivity (Wildman–Crippen MR) is 138 cm³/mol. The molecule has 0 N–H and O–H groups in total. The number of fused-ring (bicyclic) bond motifs is 1. The first-order chi connectivity index (χ1) is 15.4. The van der Waals surface area contributed by atoms with Crippen LogP contribution in [0, 0.1) is 12.8 Å². The Morgan fingerprint density at radius 3 is 2.66 bits per heavy atom. The van der Waals surface area contributed by atoms with Gasteiger partial charge in [-0.25, -0.2) is 0 Å². The summed E-state index contributed by atoms with van der Waals surface area (Å²) in [6.45, 7) is 8.40. The van der Waals surface area contributed by atoms with Crippen LogP contribution in [-0.4, -0.2) is 32.8 Å². The van der Waals surface area contributed by atoms with E-state index in [1.165, 1.54) is 11.8 Å². The van der Waals surface area contributed by atoms with Crippen molar-refractivity contribution in [3.8, 4) is 5.75 Å². The zero-order valence-corrected chi connectivity index (χ0v) is 20.3. The third-order valence-electron chi connectivity index (χ3n) is 5.42. The van der Waals surface area contributed by atoms with Crippen LogP contribution in [0.4, 0.5) is 0 Å². The van der Waals surface area contributed by atoms with Gasteiger partial charge >= 0.3 is 0 Å². The first kappa shape index (κ1) is 22.6. The summed E-state index contributed by atoms with van der Waals surface area (Å²) in [6.07, 6.45) is 5.01. The summed E-state index contributed by atoms with van der Waals surface area (Å²) in [5, 5.41) is 1.14. The van der Waals surface area contributed by atoms with E-state index in [2.05, 4.69) is 55.8 Å². The Hall–Kier alpha value is -2.57. The Labute approximate surface area is 199 Å². The number of thiocarbonyl (C=S) groups is 1. The molecule has 0 radical (unpaired) electrons. The molecule has 1 amide bonds. The van der Waals surface area contributed by atoms with E-state index in [0.29, 0.717) is 28.3 Å². The SMILES string of the molecule is Cc1ccccc1OCCCn1cc(/C=C2\SC(=S)N(CC(C)C)C2=O)c2ccccc21. The number of para-hydroxylation sites is 2. The van der Waals surface area contributed by atoms with Crippen molar-refractivity contribution in [1.82, 2.24) is 9.47 Å². The quantitative estimate of drug-likeness (QED) is 0.223. The van der Waals surface area contributed by atoms with Gasteiger partial charge in [0, 0.05) is 35.8 Å². The first-order valence-electron chi connectivity index (χ1n) is 11.0. The highest BCUT2D eigenvalue weighted by Gasteiger charge is 2.32. The lowest BCUT2D eigenvalue weighted by molar-refractivity contribution is -0.122. The van der Waals surface area contributed by atoms with Crippen molar-refractivity contribution in [1.29, 1.82) is 0 Å². The van der Waals surface area contributed by atoms with Crippen LogP contribution in [-0.2, 0) is 11.3 Å². The van der Waals surface area contributed by atoms with Gasteiger partial charge < -0.3 is 9.30 Å². The van der Waals surface area contributed by atoms with E-state index in [1.54, 1.807) is 4.90 Å². The Kier molecular flexibility index (Phi) is 7.01. The van der Waals surface area contributed by atoms with Crippen molar-refractivity contribution in [2.24, 2.45) is 5.92 Å². The lowest BCUT2D eigenvalue weighted by Crippen LogP contribution is -2.31. The molecule has 1 saturated heterocycles. The van der Waals surface area contributed by atoms with Crippen LogP contribution >= 0.6 is 24.0 Å². The largest absolute Gasteiger partial charge is 0.493 e. The molecule has 1 fully saturated rings. The van der Waals surface area contributed by atoms with E-state index < -0.39 is 0 Å². The normalized spacial score (nSPS) is 15.5. The molecule has 1 aliphatic heterocycles. The van der Waals surface area contributed by atoms with E-state index in [1.807, 2.05) is 30.3 Å². The molecule has 2 heterocycles. The van der Waals surface area contributed by atoms with Crippen LogP contribution in [0.3, 0.4) is 0 Å². The van der Waals surface area contributed by atoms with E-state index in [9.17, 15) is 4.79 Å². The van der Waals surface area contributed by atoms with Crippen LogP contribution in [0.5, 0.6) is 5.75 Å². The molecule has 0 aliphatic carbocycles. The fourth-order valence-corrected chi connectivity index (χ4v) is 5.14. The van der Waals surface area contributed by atoms with Gasteiger partial charge in [0.25, 0.3) is 5.91 Å². The molecule has 4 rings (SSSR count). The maximum absolute atomic E-state index is 12.9. The minimum atomic E-state index is 0.0113. The van der Waals surface area contributed by atoms with Crippen LogP contribution in [0.2, 0.25) is 0 Å². The molecule has 0 bridgehead atoms. The summed E-state index contributed by atoms with van der Waals surface area (Å²) in [7, 11) is 0. The highest BCUT2D eigenvalue weighted by atomic mass is 32.2. The first-order valence-corrected chi connectivity index (χ1v) is 12.2. The Bertz CT molecular complexity index is 1180. The van der Waals surface area contributed by atoms with Gasteiger partial charge in [-0.05, 0) is 43.0 Å². The molecule has 166 valence electrons. The fraction of sp³-hybridized carbons (Fsp3) is 0.308. The molecule has 4 nitrogen and oxygen atoms in total. The van der Waals surface area contributed by atoms with Gasteiger partial charge in [0.1, 0.15) is 10.1 Å². The average molecular weight is 465 g/mol. The van der Waals surface area contributed by atoms with Crippen LogP contribution in [0.25, 0.3) is 17.0 Å². The fourth-order valence-electron chi connectivity index (χ4n) is 3.87. The number of hydrogen-bond acceptors (Lipinski definition) is 4. The lowest BCUT2D eigenvalue weighted by atomic mass is 10.1. The molecule has 1 aromatic heterocycles. The molecule has 32 heavy (non-hydrogen) atoms. The average Bonchev–Trinajstić information content (AvgIpc) is 3.24. The molecule has 6 heteroatoms. The number of aryl methyl sites for hydroxylation is 2. The minimum absolute atomic E-state index is 0.0113. The summed E-state index contributed by atoms with van der Waals surface area (Å²) in [6, 6.07) is 16.4. The monoisotopic (exact) mass is 464 g/mol. The van der Waals surface area contributed by atoms with E-state index in [-0.39, 0.29) is 5.91 Å². The molecule has 0 saturated carbocycles. The number of rotatable bonds is 8. The highest BCUT2D eigenvalue weighted by molar-refractivity contribution is 8.26. The standard InChI is InChI=1S/C26H28N2O2S2/c1-18(2)16-28-25(29)24(32-26(28)31)15-20-17-27(22-11-6-5-10-21(20)22)13-8-14-30-23-12-7-4-9-19(23)3/h4-7,9-12,15,17-18H,8,13-14,16H2,1-3H3/b24-15-. The summed E-state index contributed by atoms with van der Waals surface area (Å²) >= 11 is 6.86. The maximum Gasteiger partial charge on any atom is 0.266 e. The minimum Gasteiger partial charge on any atom is -0.493 e. The molecule has 1 aliphatic rings. The van der Waals surface area contributed by atoms with Crippen molar-refractivity contribution in [3.05, 3.63) is 70.8 Å². The molecular weight excluding hydrogens is 436 g/mol. The number of amides is 1. The van der Waals surface area contributed by atoms with Crippen molar-refractivity contribution < 1.29 is 9.53 Å². The maximum atomic E-state index is 12.9. The molecule has 0 spiro atoms. The third kappa shape index (κ3) is 4.92. The number of benzene rings is 2. The van der Waals surface area contributed by atoms with Gasteiger partial charge in [0.05, 0.1) is 11.5 Å². The smallest absolute Gasteiger partial charge is 0.266 e. The van der Waals surface area contributed by atoms with Gasteiger partial charge in [0.15, 0.2) is 0 Å². The van der Waals surface area contributed by atoms with Gasteiger partial charge in [0.2, 0.25) is 0 Å². The van der Waals surface area contributed by atoms with Gasteiger partial charge in [-0.3, -0.25) is 9.69 Å². The number of aromatic nitrogens is 1. The second-order valence-electron chi connectivity index (χ2n) is 8.45. The van der Waals surface area contributed by atoms with E-state index >= 15 is 0 Å². The number of thioether (sulfide) groups is 1. The number of carbonyl (C=O) groups is 1. The summed E-state index contributed by atoms with van der Waals surface area (Å²) in [5.41, 5.74) is 3.36. The zero-order chi connectivity index (χ0) is 22.7. The molecular formula is C26H28N2O2S2. The van der Waals surface area contributed by atoms with Gasteiger partial charge in [-0.2, -0.15) is 0 Å². The second kappa shape index (κ2) is 9.92. The Balaban J connectivity index is 1.50. The van der Waals surface area contributed by atoms with Gasteiger partial charge in [-0.15, -0.1) is 0 Å². The van der Waals surface area contributed by atoms with Crippen LogP contribution < -0.4 is 4.74 Å². The Morgan fingerprint density at radius 2 is 1.88 bits per heavy atom. The number of hydrogen-bond donors (Lipinski definition) is 0. The molecule has 2 aromatic carbocycles. The summed E-state index contributed by atoms with van der Waals surface area (Å²) in [5.74, 6) is 1.33. The summed E-state index contributed by atoms with van der Waals surface area (Å²) in [4.78, 5) is 15.3. The van der Waals surface area contributed by atoms with Crippen molar-refractivity contribution in [2.45, 2.75) is 33.7 Å². The zero-order valence-electron chi connectivity index (χ0n) is 18.7. The lowest BCUT2D eigenvalue weighted by Gasteiger charge is -2.16. The molecule has 0 unspecified atom stereocenters. The number of carbonyl (C=O) groups excluding carboxylic acids is 1. The Morgan fingerprint density at radius 1 is 1.12 bits per heavy atom. The van der Waals surface area contributed by atoms with Crippen LogP contribution in [0.15, 0.2) is 59.6 Å². The van der Waals surface area contributed by atoms with Crippen molar-refractivity contribution in [3.63, 3.8) is 0 Å². The van der Waals surface area contributed by atoms with E-state index in [4.69, 9.17) is 17.0 Å². The van der Waals surface area contributed by atoms with Crippen molar-refractivity contribution in [2.75, 3.05) is 13.2 Å². The molecule has 0 atom stereocenters. The number of ether oxygens (including phenoxy) is 1. The van der Waals surface area contributed by atoms with E-state index in [0.717, 1.165) is 40.7 Å². The van der Waals surface area contributed by atoms with Gasteiger partial charge in [-0.1, -0.05) is 74.2 Å². The van der Waals surface area contributed by atoms with Crippen molar-refractivity contribution >= 4 is 51.2 Å². The molecule has 3 aromatic rings. The topological polar surface area (TPSA) is 34.5 Å². The second-order valence-corrected chi connectivity index (χ2v) is 10.1. The predicted octanol–water partition coefficient (Wildman–Crippen LogP) is 6.28. The highest BCUT2D eigenvalue weighted by Crippen LogP contribution is 2.34. The third-order valence-corrected chi connectivity index (χ3v) is 6.80.